The molecule has 0 spiro atoms. The summed E-state index contributed by atoms with van der Waals surface area (Å²) in [6.45, 7) is 2.28. The third-order valence-corrected chi connectivity index (χ3v) is 3.58. The number of halogens is 2. The van der Waals surface area contributed by atoms with Gasteiger partial charge in [0.05, 0.1) is 16.3 Å². The van der Waals surface area contributed by atoms with E-state index in [1.165, 1.54) is 6.07 Å². The molecule has 0 amide bonds. The van der Waals surface area contributed by atoms with Gasteiger partial charge in [-0.2, -0.15) is 0 Å². The topological polar surface area (TPSA) is 58.0 Å². The second-order valence-electron chi connectivity index (χ2n) is 4.45. The summed E-state index contributed by atoms with van der Waals surface area (Å²) in [5.41, 5.74) is 1.46. The van der Waals surface area contributed by atoms with Crippen LogP contribution in [0.4, 0.5) is 4.39 Å². The molecule has 0 fully saturated rings. The minimum absolute atomic E-state index is 0.0257. The Labute approximate surface area is 125 Å². The number of rotatable bonds is 5. The molecule has 106 valence electrons. The lowest BCUT2D eigenvalue weighted by atomic mass is 10.1. The molecule has 0 aliphatic rings. The third kappa shape index (κ3) is 3.82. The number of nitrogens with zero attached hydrogens (tertiary/aromatic N) is 2. The van der Waals surface area contributed by atoms with Gasteiger partial charge in [-0.05, 0) is 40.5 Å². The van der Waals surface area contributed by atoms with Gasteiger partial charge in [0.25, 0.3) is 0 Å². The van der Waals surface area contributed by atoms with Gasteiger partial charge in [-0.3, -0.25) is 9.97 Å². The molecule has 0 saturated heterocycles. The van der Waals surface area contributed by atoms with E-state index in [4.69, 9.17) is 0 Å². The van der Waals surface area contributed by atoms with Crippen molar-refractivity contribution in [3.05, 3.63) is 58.3 Å². The van der Waals surface area contributed by atoms with Crippen molar-refractivity contribution in [3.63, 3.8) is 0 Å². The number of aliphatic hydroxyl groups is 1. The molecule has 2 aromatic rings. The van der Waals surface area contributed by atoms with Gasteiger partial charge in [0, 0.05) is 31.2 Å². The average molecular weight is 340 g/mol. The first-order valence-electron chi connectivity index (χ1n) is 6.20. The molecular weight excluding hydrogens is 325 g/mol. The van der Waals surface area contributed by atoms with Crippen molar-refractivity contribution in [2.75, 3.05) is 6.54 Å². The summed E-state index contributed by atoms with van der Waals surface area (Å²) in [6.07, 6.45) is 4.20. The maximum Gasteiger partial charge on any atom is 0.137 e. The Balaban J connectivity index is 1.95. The quantitative estimate of drug-likeness (QED) is 0.879. The van der Waals surface area contributed by atoms with Crippen LogP contribution in [0.2, 0.25) is 0 Å². The van der Waals surface area contributed by atoms with Gasteiger partial charge >= 0.3 is 0 Å². The zero-order valence-corrected chi connectivity index (χ0v) is 12.5. The summed E-state index contributed by atoms with van der Waals surface area (Å²) in [6, 6.07) is 4.45. The monoisotopic (exact) mass is 339 g/mol. The lowest BCUT2D eigenvalue weighted by molar-refractivity contribution is 0.170. The molecule has 0 aliphatic carbocycles. The van der Waals surface area contributed by atoms with Gasteiger partial charge in [-0.25, -0.2) is 4.39 Å². The second kappa shape index (κ2) is 6.88. The fourth-order valence-electron chi connectivity index (χ4n) is 1.76. The molecule has 6 heteroatoms. The summed E-state index contributed by atoms with van der Waals surface area (Å²) in [4.78, 5) is 8.19. The van der Waals surface area contributed by atoms with Gasteiger partial charge < -0.3 is 10.4 Å². The molecule has 2 rings (SSSR count). The Morgan fingerprint density at radius 3 is 2.85 bits per heavy atom. The van der Waals surface area contributed by atoms with Crippen molar-refractivity contribution in [1.82, 2.24) is 15.3 Å². The third-order valence-electron chi connectivity index (χ3n) is 2.97. The molecule has 0 radical (unpaired) electrons. The number of hydrogen-bond donors (Lipinski definition) is 2. The van der Waals surface area contributed by atoms with Crippen molar-refractivity contribution in [3.8, 4) is 0 Å². The van der Waals surface area contributed by atoms with Crippen LogP contribution in [0, 0.1) is 5.82 Å². The lowest BCUT2D eigenvalue weighted by Gasteiger charge is -2.17. The molecule has 1 aromatic heterocycles. The van der Waals surface area contributed by atoms with Gasteiger partial charge in [-0.1, -0.05) is 6.07 Å². The van der Waals surface area contributed by atoms with E-state index < -0.39 is 6.10 Å². The van der Waals surface area contributed by atoms with Crippen LogP contribution in [0.1, 0.15) is 30.3 Å². The summed E-state index contributed by atoms with van der Waals surface area (Å²) in [7, 11) is 0. The van der Waals surface area contributed by atoms with Crippen molar-refractivity contribution in [2.24, 2.45) is 0 Å². The largest absolute Gasteiger partial charge is 0.387 e. The first kappa shape index (κ1) is 15.0. The van der Waals surface area contributed by atoms with E-state index in [-0.39, 0.29) is 11.9 Å². The highest BCUT2D eigenvalue weighted by atomic mass is 79.9. The Kier molecular flexibility index (Phi) is 5.17. The highest BCUT2D eigenvalue weighted by molar-refractivity contribution is 9.10. The van der Waals surface area contributed by atoms with E-state index in [2.05, 4.69) is 31.2 Å². The predicted octanol–water partition coefficient (Wildman–Crippen LogP) is 2.76. The Hall–Kier alpha value is -1.37. The highest BCUT2D eigenvalue weighted by Gasteiger charge is 2.12. The van der Waals surface area contributed by atoms with Crippen molar-refractivity contribution in [2.45, 2.75) is 19.1 Å². The first-order chi connectivity index (χ1) is 9.58. The Morgan fingerprint density at radius 2 is 2.20 bits per heavy atom. The van der Waals surface area contributed by atoms with Crippen molar-refractivity contribution in [1.29, 1.82) is 0 Å². The van der Waals surface area contributed by atoms with Crippen LogP contribution in [0.3, 0.4) is 0 Å². The van der Waals surface area contributed by atoms with E-state index in [0.717, 1.165) is 5.69 Å². The minimum atomic E-state index is -0.717. The zero-order valence-electron chi connectivity index (χ0n) is 10.9. The molecule has 20 heavy (non-hydrogen) atoms. The van der Waals surface area contributed by atoms with Crippen LogP contribution >= 0.6 is 15.9 Å². The van der Waals surface area contributed by atoms with Gasteiger partial charge in [-0.15, -0.1) is 0 Å². The van der Waals surface area contributed by atoms with Crippen LogP contribution in [-0.4, -0.2) is 21.6 Å². The summed E-state index contributed by atoms with van der Waals surface area (Å²) >= 11 is 3.11. The van der Waals surface area contributed by atoms with E-state index >= 15 is 0 Å². The van der Waals surface area contributed by atoms with Gasteiger partial charge in [0.1, 0.15) is 5.82 Å². The SMILES string of the molecule is C[C@H](NCC(O)c1ccc(F)c(Br)c1)c1cnccn1. The summed E-state index contributed by atoms with van der Waals surface area (Å²) in [5, 5.41) is 13.3. The van der Waals surface area contributed by atoms with Crippen molar-refractivity contribution >= 4 is 15.9 Å². The smallest absolute Gasteiger partial charge is 0.137 e. The van der Waals surface area contributed by atoms with E-state index in [0.29, 0.717) is 16.6 Å². The first-order valence-corrected chi connectivity index (χ1v) is 6.99. The van der Waals surface area contributed by atoms with E-state index in [1.54, 1.807) is 30.7 Å². The van der Waals surface area contributed by atoms with Crippen molar-refractivity contribution < 1.29 is 9.50 Å². The summed E-state index contributed by atoms with van der Waals surface area (Å²) < 4.78 is 13.5. The lowest BCUT2D eigenvalue weighted by Crippen LogP contribution is -2.25. The number of hydrogen-bond acceptors (Lipinski definition) is 4. The maximum atomic E-state index is 13.1. The number of aromatic nitrogens is 2. The van der Waals surface area contributed by atoms with E-state index in [1.807, 2.05) is 6.92 Å². The van der Waals surface area contributed by atoms with E-state index in [9.17, 15) is 9.50 Å². The molecule has 1 heterocycles. The highest BCUT2D eigenvalue weighted by Crippen LogP contribution is 2.21. The Morgan fingerprint density at radius 1 is 1.40 bits per heavy atom. The molecule has 4 nitrogen and oxygen atoms in total. The van der Waals surface area contributed by atoms with Gasteiger partial charge in [0.2, 0.25) is 0 Å². The maximum absolute atomic E-state index is 13.1. The molecule has 0 bridgehead atoms. The van der Waals surface area contributed by atoms with Crippen LogP contribution in [0.15, 0.2) is 41.3 Å². The predicted molar refractivity (Wildman–Crippen MR) is 77.5 cm³/mol. The second-order valence-corrected chi connectivity index (χ2v) is 5.30. The molecular formula is C14H15BrFN3O. The normalized spacial score (nSPS) is 14.0. The molecule has 0 saturated carbocycles. The summed E-state index contributed by atoms with van der Waals surface area (Å²) in [5.74, 6) is -0.346. The molecule has 1 aromatic carbocycles. The van der Waals surface area contributed by atoms with Gasteiger partial charge in [0.15, 0.2) is 0 Å². The van der Waals surface area contributed by atoms with Crippen LogP contribution < -0.4 is 5.32 Å². The number of nitrogens with one attached hydrogen (secondary N) is 1. The fourth-order valence-corrected chi connectivity index (χ4v) is 2.16. The Bertz CT molecular complexity index is 568. The van der Waals surface area contributed by atoms with Crippen LogP contribution in [-0.2, 0) is 0 Å². The fraction of sp³-hybridized carbons (Fsp3) is 0.286. The standard InChI is InChI=1S/C14H15BrFN3O/c1-9(13-7-17-4-5-18-13)19-8-14(20)10-2-3-12(16)11(15)6-10/h2-7,9,14,19-20H,8H2,1H3/t9-,14?/m0/s1. The number of aliphatic hydroxyl groups excluding tert-OH is 1. The molecule has 1 unspecified atom stereocenters. The minimum Gasteiger partial charge on any atom is -0.387 e. The molecule has 2 N–H and O–H groups in total. The average Bonchev–Trinajstić information content (AvgIpc) is 2.48. The molecule has 0 aliphatic heterocycles. The van der Waals surface area contributed by atoms with Crippen LogP contribution in [0.5, 0.6) is 0 Å². The van der Waals surface area contributed by atoms with Crippen LogP contribution in [0.25, 0.3) is 0 Å². The zero-order chi connectivity index (χ0) is 14.5. The molecule has 2 atom stereocenters. The number of benzene rings is 1.